The normalized spacial score (nSPS) is 18.9. The van der Waals surface area contributed by atoms with E-state index in [-0.39, 0.29) is 11.3 Å². The van der Waals surface area contributed by atoms with Gasteiger partial charge in [-0.2, -0.15) is 0 Å². The van der Waals surface area contributed by atoms with Gasteiger partial charge in [0.15, 0.2) is 0 Å². The summed E-state index contributed by atoms with van der Waals surface area (Å²) in [5, 5.41) is 12.5. The van der Waals surface area contributed by atoms with E-state index in [9.17, 15) is 14.7 Å². The molecule has 6 heteroatoms. The first kappa shape index (κ1) is 23.1. The van der Waals surface area contributed by atoms with Crippen LogP contribution in [0.2, 0.25) is 0 Å². The van der Waals surface area contributed by atoms with Crippen molar-refractivity contribution in [2.45, 2.75) is 31.7 Å². The van der Waals surface area contributed by atoms with Gasteiger partial charge in [-0.25, -0.2) is 0 Å². The first-order valence-corrected chi connectivity index (χ1v) is 12.6. The van der Waals surface area contributed by atoms with Gasteiger partial charge in [-0.3, -0.25) is 14.5 Å². The van der Waals surface area contributed by atoms with Crippen LogP contribution in [0.3, 0.4) is 0 Å². The molecule has 0 bridgehead atoms. The SMILES string of the molecule is COc1ccc(N2C(=O)C(=O)/C(=C(/O)c3ccc4c(c3)CCCC4)C2c2cn(C)c3ccccc23)cc1. The van der Waals surface area contributed by atoms with Gasteiger partial charge in [-0.1, -0.05) is 30.3 Å². The zero-order valence-corrected chi connectivity index (χ0v) is 20.9. The summed E-state index contributed by atoms with van der Waals surface area (Å²) < 4.78 is 7.28. The first-order chi connectivity index (χ1) is 18.0. The van der Waals surface area contributed by atoms with Crippen LogP contribution in [0.25, 0.3) is 16.7 Å². The molecule has 1 fully saturated rings. The van der Waals surface area contributed by atoms with Gasteiger partial charge < -0.3 is 14.4 Å². The van der Waals surface area contributed by atoms with Gasteiger partial charge in [0.25, 0.3) is 11.7 Å². The Balaban J connectivity index is 1.58. The third-order valence-corrected chi connectivity index (χ3v) is 7.64. The Hall–Kier alpha value is -4.32. The predicted octanol–water partition coefficient (Wildman–Crippen LogP) is 5.69. The number of nitrogens with zero attached hydrogens (tertiary/aromatic N) is 2. The maximum absolute atomic E-state index is 13.6. The number of ether oxygens (including phenoxy) is 1. The zero-order chi connectivity index (χ0) is 25.7. The molecule has 6 rings (SSSR count). The van der Waals surface area contributed by atoms with Crippen LogP contribution >= 0.6 is 0 Å². The number of carbonyl (C=O) groups is 2. The number of aryl methyl sites for hydroxylation is 3. The molecular weight excluding hydrogens is 464 g/mol. The lowest BCUT2D eigenvalue weighted by Crippen LogP contribution is -2.29. The molecule has 1 atom stereocenters. The molecule has 186 valence electrons. The Kier molecular flexibility index (Phi) is 5.60. The van der Waals surface area contributed by atoms with E-state index < -0.39 is 17.7 Å². The summed E-state index contributed by atoms with van der Waals surface area (Å²) in [6, 6.07) is 20.0. The zero-order valence-electron chi connectivity index (χ0n) is 20.9. The molecule has 0 saturated carbocycles. The largest absolute Gasteiger partial charge is 0.507 e. The molecule has 4 aromatic rings. The van der Waals surface area contributed by atoms with Crippen LogP contribution in [-0.2, 0) is 29.5 Å². The lowest BCUT2D eigenvalue weighted by atomic mass is 9.88. The Morgan fingerprint density at radius 3 is 2.43 bits per heavy atom. The summed E-state index contributed by atoms with van der Waals surface area (Å²) in [6.07, 6.45) is 6.18. The number of ketones is 1. The van der Waals surface area contributed by atoms with Crippen molar-refractivity contribution in [1.29, 1.82) is 0 Å². The molecule has 37 heavy (non-hydrogen) atoms. The number of carbonyl (C=O) groups excluding carboxylic acids is 2. The van der Waals surface area contributed by atoms with Gasteiger partial charge in [-0.15, -0.1) is 0 Å². The van der Waals surface area contributed by atoms with Gasteiger partial charge in [-0.05, 0) is 73.2 Å². The Morgan fingerprint density at radius 2 is 1.68 bits per heavy atom. The van der Waals surface area contributed by atoms with E-state index >= 15 is 0 Å². The number of rotatable bonds is 4. The highest BCUT2D eigenvalue weighted by atomic mass is 16.5. The summed E-state index contributed by atoms with van der Waals surface area (Å²) in [4.78, 5) is 28.7. The summed E-state index contributed by atoms with van der Waals surface area (Å²) >= 11 is 0. The number of fused-ring (bicyclic) bond motifs is 2. The molecule has 2 aliphatic rings. The van der Waals surface area contributed by atoms with E-state index in [1.807, 2.05) is 60.3 Å². The van der Waals surface area contributed by atoms with E-state index in [2.05, 4.69) is 0 Å². The number of methoxy groups -OCH3 is 1. The highest BCUT2D eigenvalue weighted by molar-refractivity contribution is 6.51. The number of Topliss-reactive ketones (excluding diaryl/α,β-unsaturated/α-hetero) is 1. The van der Waals surface area contributed by atoms with Crippen molar-refractivity contribution in [2.24, 2.45) is 7.05 Å². The molecule has 1 saturated heterocycles. The first-order valence-electron chi connectivity index (χ1n) is 12.6. The smallest absolute Gasteiger partial charge is 0.300 e. The molecule has 1 aliphatic heterocycles. The molecular formula is C31H28N2O4. The molecule has 0 radical (unpaired) electrons. The van der Waals surface area contributed by atoms with Gasteiger partial charge in [0.05, 0.1) is 18.7 Å². The monoisotopic (exact) mass is 492 g/mol. The van der Waals surface area contributed by atoms with Crippen LogP contribution in [0, 0.1) is 0 Å². The number of aliphatic hydroxyl groups excluding tert-OH is 1. The minimum Gasteiger partial charge on any atom is -0.507 e. The number of anilines is 1. The minimum atomic E-state index is -0.782. The molecule has 3 aromatic carbocycles. The van der Waals surface area contributed by atoms with Crippen molar-refractivity contribution in [3.05, 3.63) is 101 Å². The van der Waals surface area contributed by atoms with Crippen molar-refractivity contribution >= 4 is 34.0 Å². The van der Waals surface area contributed by atoms with E-state index in [1.165, 1.54) is 16.0 Å². The molecule has 2 heterocycles. The predicted molar refractivity (Wildman–Crippen MR) is 144 cm³/mol. The number of benzene rings is 3. The van der Waals surface area contributed by atoms with Crippen LogP contribution in [-0.4, -0.2) is 28.5 Å². The molecule has 1 amide bonds. The highest BCUT2D eigenvalue weighted by Gasteiger charge is 2.48. The number of aromatic nitrogens is 1. The molecule has 1 aromatic heterocycles. The van der Waals surface area contributed by atoms with Crippen LogP contribution in [0.5, 0.6) is 5.75 Å². The highest BCUT2D eigenvalue weighted by Crippen LogP contribution is 2.45. The van der Waals surface area contributed by atoms with Crippen LogP contribution in [0.1, 0.15) is 41.1 Å². The topological polar surface area (TPSA) is 71.8 Å². The Morgan fingerprint density at radius 1 is 0.946 bits per heavy atom. The quantitative estimate of drug-likeness (QED) is 0.226. The Labute approximate surface area is 215 Å². The van der Waals surface area contributed by atoms with Gasteiger partial charge in [0.2, 0.25) is 0 Å². The second kappa shape index (κ2) is 8.96. The third-order valence-electron chi connectivity index (χ3n) is 7.64. The van der Waals surface area contributed by atoms with E-state index in [0.717, 1.165) is 42.1 Å². The fourth-order valence-corrected chi connectivity index (χ4v) is 5.76. The number of para-hydroxylation sites is 1. The van der Waals surface area contributed by atoms with Crippen molar-refractivity contribution < 1.29 is 19.4 Å². The van der Waals surface area contributed by atoms with Crippen molar-refractivity contribution in [3.8, 4) is 5.75 Å². The number of hydrogen-bond acceptors (Lipinski definition) is 4. The second-order valence-electron chi connectivity index (χ2n) is 9.77. The van der Waals surface area contributed by atoms with Crippen LogP contribution in [0.15, 0.2) is 78.5 Å². The molecule has 6 nitrogen and oxygen atoms in total. The van der Waals surface area contributed by atoms with Gasteiger partial charge >= 0.3 is 0 Å². The number of amides is 1. The average molecular weight is 493 g/mol. The molecule has 0 spiro atoms. The summed E-state index contributed by atoms with van der Waals surface area (Å²) in [6.45, 7) is 0. The van der Waals surface area contributed by atoms with Crippen molar-refractivity contribution in [1.82, 2.24) is 4.57 Å². The van der Waals surface area contributed by atoms with Gasteiger partial charge in [0.1, 0.15) is 11.5 Å². The molecule has 1 unspecified atom stereocenters. The minimum absolute atomic E-state index is 0.105. The van der Waals surface area contributed by atoms with Crippen molar-refractivity contribution in [3.63, 3.8) is 0 Å². The average Bonchev–Trinajstić information content (AvgIpc) is 3.41. The van der Waals surface area contributed by atoms with Gasteiger partial charge in [0, 0.05) is 41.0 Å². The maximum atomic E-state index is 13.6. The van der Waals surface area contributed by atoms with Crippen LogP contribution in [0.4, 0.5) is 5.69 Å². The summed E-state index contributed by atoms with van der Waals surface area (Å²) in [5.74, 6) is -0.844. The summed E-state index contributed by atoms with van der Waals surface area (Å²) in [5.41, 5.74) is 5.48. The lowest BCUT2D eigenvalue weighted by molar-refractivity contribution is -0.132. The van der Waals surface area contributed by atoms with Crippen LogP contribution < -0.4 is 9.64 Å². The lowest BCUT2D eigenvalue weighted by Gasteiger charge is -2.25. The second-order valence-corrected chi connectivity index (χ2v) is 9.77. The third kappa shape index (κ3) is 3.71. The van der Waals surface area contributed by atoms with E-state index in [4.69, 9.17) is 4.74 Å². The maximum Gasteiger partial charge on any atom is 0.300 e. The van der Waals surface area contributed by atoms with Crippen molar-refractivity contribution in [2.75, 3.05) is 12.0 Å². The standard InChI is InChI=1S/C31H28N2O4/c1-32-18-25(24-9-5-6-10-26(24)32)28-27(29(34)21-12-11-19-7-3-4-8-20(19)17-21)30(35)31(36)33(28)22-13-15-23(37-2)16-14-22/h5-6,9-18,28,34H,3-4,7-8H2,1-2H3/b29-27+. The molecule has 1 aliphatic carbocycles. The fourth-order valence-electron chi connectivity index (χ4n) is 5.76. The number of hydrogen-bond donors (Lipinski definition) is 1. The molecule has 1 N–H and O–H groups in total. The van der Waals surface area contributed by atoms with E-state index in [0.29, 0.717) is 17.0 Å². The summed E-state index contributed by atoms with van der Waals surface area (Å²) in [7, 11) is 3.52. The van der Waals surface area contributed by atoms with E-state index in [1.54, 1.807) is 31.4 Å². The number of aliphatic hydroxyl groups is 1. The Bertz CT molecular complexity index is 1580. The fraction of sp³-hybridized carbons (Fsp3) is 0.226.